The van der Waals surface area contributed by atoms with E-state index in [1.54, 1.807) is 0 Å². The molecular formula is C7H14N2. The van der Waals surface area contributed by atoms with Crippen LogP contribution in [-0.4, -0.2) is 30.7 Å². The highest BCUT2D eigenvalue weighted by molar-refractivity contribution is 5.52. The van der Waals surface area contributed by atoms with Crippen LogP contribution in [0.25, 0.3) is 0 Å². The van der Waals surface area contributed by atoms with Gasteiger partial charge in [-0.1, -0.05) is 0 Å². The Balaban J connectivity index is 2.04. The third-order valence-corrected chi connectivity index (χ3v) is 1.79. The molecule has 0 aromatic heterocycles. The molecule has 1 N–H and O–H groups in total. The van der Waals surface area contributed by atoms with Crippen molar-refractivity contribution in [3.8, 4) is 0 Å². The number of likely N-dealkylation sites (tertiary alicyclic amines) is 1. The first kappa shape index (κ1) is 6.75. The van der Waals surface area contributed by atoms with E-state index in [2.05, 4.69) is 4.90 Å². The smallest absolute Gasteiger partial charge is 0.00307 e. The number of rotatable bonds is 3. The van der Waals surface area contributed by atoms with Gasteiger partial charge >= 0.3 is 0 Å². The molecule has 1 aliphatic heterocycles. The highest BCUT2D eigenvalue weighted by atomic mass is 15.1. The fourth-order valence-electron chi connectivity index (χ4n) is 1.25. The van der Waals surface area contributed by atoms with Crippen molar-refractivity contribution in [3.63, 3.8) is 0 Å². The first-order chi connectivity index (χ1) is 4.43. The van der Waals surface area contributed by atoms with Crippen molar-refractivity contribution in [1.29, 1.82) is 5.41 Å². The first-order valence-electron chi connectivity index (χ1n) is 3.65. The van der Waals surface area contributed by atoms with Gasteiger partial charge in [-0.2, -0.15) is 0 Å². The molecule has 0 aromatic rings. The highest BCUT2D eigenvalue weighted by Crippen LogP contribution is 2.06. The van der Waals surface area contributed by atoms with E-state index in [1.165, 1.54) is 32.1 Å². The summed E-state index contributed by atoms with van der Waals surface area (Å²) in [5, 5.41) is 6.81. The fourth-order valence-corrected chi connectivity index (χ4v) is 1.25. The molecule has 1 aliphatic rings. The standard InChI is InChI=1S/C7H14N2/c8-4-3-7-9-5-1-2-6-9/h4,8H,1-3,5-7H2. The molecular weight excluding hydrogens is 112 g/mol. The molecule has 1 fully saturated rings. The Kier molecular flexibility index (Phi) is 2.71. The van der Waals surface area contributed by atoms with Gasteiger partial charge in [-0.25, -0.2) is 0 Å². The molecule has 2 nitrogen and oxygen atoms in total. The summed E-state index contributed by atoms with van der Waals surface area (Å²) >= 11 is 0. The number of nitrogens with one attached hydrogen (secondary N) is 1. The van der Waals surface area contributed by atoms with Crippen LogP contribution in [0.5, 0.6) is 0 Å². The monoisotopic (exact) mass is 126 g/mol. The average molecular weight is 126 g/mol. The minimum Gasteiger partial charge on any atom is -0.313 e. The van der Waals surface area contributed by atoms with Crippen molar-refractivity contribution in [2.45, 2.75) is 19.3 Å². The zero-order valence-corrected chi connectivity index (χ0v) is 5.77. The Morgan fingerprint density at radius 2 is 2.00 bits per heavy atom. The van der Waals surface area contributed by atoms with Crippen LogP contribution in [0.4, 0.5) is 0 Å². The zero-order chi connectivity index (χ0) is 6.53. The molecule has 0 spiro atoms. The summed E-state index contributed by atoms with van der Waals surface area (Å²) in [7, 11) is 0. The molecule has 0 aromatic carbocycles. The minimum absolute atomic E-state index is 0.931. The number of nitrogens with zero attached hydrogens (tertiary/aromatic N) is 1. The van der Waals surface area contributed by atoms with Crippen molar-refractivity contribution in [2.24, 2.45) is 0 Å². The van der Waals surface area contributed by atoms with E-state index >= 15 is 0 Å². The minimum atomic E-state index is 0.931. The van der Waals surface area contributed by atoms with Crippen LogP contribution in [0.2, 0.25) is 0 Å². The van der Waals surface area contributed by atoms with E-state index < -0.39 is 0 Å². The van der Waals surface area contributed by atoms with Crippen molar-refractivity contribution in [1.82, 2.24) is 4.90 Å². The van der Waals surface area contributed by atoms with Gasteiger partial charge < -0.3 is 10.3 Å². The lowest BCUT2D eigenvalue weighted by Crippen LogP contribution is -2.20. The maximum Gasteiger partial charge on any atom is 0.00307 e. The van der Waals surface area contributed by atoms with E-state index in [1.807, 2.05) is 0 Å². The summed E-state index contributed by atoms with van der Waals surface area (Å²) in [5.41, 5.74) is 0. The summed E-state index contributed by atoms with van der Waals surface area (Å²) in [4.78, 5) is 2.42. The van der Waals surface area contributed by atoms with E-state index in [4.69, 9.17) is 5.41 Å². The quantitative estimate of drug-likeness (QED) is 0.564. The van der Waals surface area contributed by atoms with Crippen LogP contribution in [0.3, 0.4) is 0 Å². The normalized spacial score (nSPS) is 20.4. The largest absolute Gasteiger partial charge is 0.313 e. The number of hydrogen-bond acceptors (Lipinski definition) is 2. The summed E-state index contributed by atoms with van der Waals surface area (Å²) in [6.45, 7) is 3.62. The maximum absolute atomic E-state index is 6.81. The predicted molar refractivity (Wildman–Crippen MR) is 39.1 cm³/mol. The molecule has 9 heavy (non-hydrogen) atoms. The molecule has 0 atom stereocenters. The molecule has 1 rings (SSSR count). The lowest BCUT2D eigenvalue weighted by Gasteiger charge is -2.11. The Morgan fingerprint density at radius 1 is 1.33 bits per heavy atom. The van der Waals surface area contributed by atoms with Gasteiger partial charge in [0.2, 0.25) is 0 Å². The Bertz CT molecular complexity index is 84.9. The van der Waals surface area contributed by atoms with E-state index in [0.717, 1.165) is 13.0 Å². The van der Waals surface area contributed by atoms with Crippen LogP contribution in [-0.2, 0) is 0 Å². The zero-order valence-electron chi connectivity index (χ0n) is 5.77. The van der Waals surface area contributed by atoms with Gasteiger partial charge in [-0.15, -0.1) is 0 Å². The molecule has 0 aliphatic carbocycles. The Morgan fingerprint density at radius 3 is 2.56 bits per heavy atom. The summed E-state index contributed by atoms with van der Waals surface area (Å²) in [6, 6.07) is 0. The Labute approximate surface area is 56.4 Å². The molecule has 2 heteroatoms. The van der Waals surface area contributed by atoms with Crippen LogP contribution in [0.15, 0.2) is 0 Å². The number of hydrogen-bond donors (Lipinski definition) is 1. The summed E-state index contributed by atoms with van der Waals surface area (Å²) < 4.78 is 0. The highest BCUT2D eigenvalue weighted by Gasteiger charge is 2.08. The van der Waals surface area contributed by atoms with E-state index in [9.17, 15) is 0 Å². The molecule has 0 amide bonds. The van der Waals surface area contributed by atoms with Crippen molar-refractivity contribution < 1.29 is 0 Å². The molecule has 52 valence electrons. The third-order valence-electron chi connectivity index (χ3n) is 1.79. The van der Waals surface area contributed by atoms with Crippen molar-refractivity contribution >= 4 is 6.21 Å². The van der Waals surface area contributed by atoms with E-state index in [-0.39, 0.29) is 0 Å². The van der Waals surface area contributed by atoms with Gasteiger partial charge in [0, 0.05) is 6.54 Å². The van der Waals surface area contributed by atoms with Crippen molar-refractivity contribution in [3.05, 3.63) is 0 Å². The molecule has 0 radical (unpaired) electrons. The predicted octanol–water partition coefficient (Wildman–Crippen LogP) is 1.12. The van der Waals surface area contributed by atoms with Gasteiger partial charge in [0.15, 0.2) is 0 Å². The lowest BCUT2D eigenvalue weighted by atomic mass is 10.4. The second-order valence-electron chi connectivity index (χ2n) is 2.54. The molecule has 1 heterocycles. The third kappa shape index (κ3) is 2.14. The topological polar surface area (TPSA) is 27.1 Å². The van der Waals surface area contributed by atoms with Gasteiger partial charge in [-0.3, -0.25) is 0 Å². The molecule has 0 bridgehead atoms. The Hall–Kier alpha value is -0.370. The van der Waals surface area contributed by atoms with Gasteiger partial charge in [-0.05, 0) is 38.6 Å². The van der Waals surface area contributed by atoms with Crippen LogP contribution < -0.4 is 0 Å². The van der Waals surface area contributed by atoms with Crippen LogP contribution in [0, 0.1) is 5.41 Å². The van der Waals surface area contributed by atoms with Crippen LogP contribution in [0.1, 0.15) is 19.3 Å². The summed E-state index contributed by atoms with van der Waals surface area (Å²) in [6.07, 6.45) is 5.15. The fraction of sp³-hybridized carbons (Fsp3) is 0.857. The summed E-state index contributed by atoms with van der Waals surface area (Å²) in [5.74, 6) is 0. The molecule has 1 saturated heterocycles. The van der Waals surface area contributed by atoms with E-state index in [0.29, 0.717) is 0 Å². The van der Waals surface area contributed by atoms with Gasteiger partial charge in [0.05, 0.1) is 0 Å². The average Bonchev–Trinajstić information content (AvgIpc) is 2.34. The molecule has 0 unspecified atom stereocenters. The van der Waals surface area contributed by atoms with Crippen LogP contribution >= 0.6 is 0 Å². The molecule has 0 saturated carbocycles. The van der Waals surface area contributed by atoms with Crippen molar-refractivity contribution in [2.75, 3.05) is 19.6 Å². The second-order valence-corrected chi connectivity index (χ2v) is 2.54. The SMILES string of the molecule is N=CCCN1CCCC1. The van der Waals surface area contributed by atoms with Gasteiger partial charge in [0.1, 0.15) is 0 Å². The lowest BCUT2D eigenvalue weighted by molar-refractivity contribution is 0.350. The maximum atomic E-state index is 6.81. The second kappa shape index (κ2) is 3.62. The van der Waals surface area contributed by atoms with Gasteiger partial charge in [0.25, 0.3) is 0 Å². The first-order valence-corrected chi connectivity index (χ1v) is 3.65.